The second-order valence-corrected chi connectivity index (χ2v) is 6.96. The molecule has 0 aliphatic carbocycles. The lowest BCUT2D eigenvalue weighted by Crippen LogP contribution is -2.55. The van der Waals surface area contributed by atoms with Gasteiger partial charge in [0.25, 0.3) is 0 Å². The summed E-state index contributed by atoms with van der Waals surface area (Å²) >= 11 is 6.04. The fraction of sp³-hybridized carbons (Fsp3) is 0.333. The smallest absolute Gasteiger partial charge is 0.141 e. The molecule has 0 N–H and O–H groups in total. The zero-order chi connectivity index (χ0) is 16.8. The van der Waals surface area contributed by atoms with Crippen LogP contribution >= 0.6 is 11.6 Å². The van der Waals surface area contributed by atoms with Crippen LogP contribution in [0.25, 0.3) is 10.8 Å². The summed E-state index contributed by atoms with van der Waals surface area (Å²) in [6, 6.07) is 14.7. The number of hydrogen-bond acceptors (Lipinski definition) is 1. The molecule has 2 aromatic rings. The van der Waals surface area contributed by atoms with Crippen molar-refractivity contribution in [2.24, 2.45) is 0 Å². The highest BCUT2D eigenvalue weighted by Crippen LogP contribution is 2.18. The van der Waals surface area contributed by atoms with Crippen LogP contribution in [0.5, 0.6) is 0 Å². The quantitative estimate of drug-likeness (QED) is 0.601. The zero-order valence-corrected chi connectivity index (χ0v) is 14.9. The fourth-order valence-corrected chi connectivity index (χ4v) is 3.16. The molecule has 1 heterocycles. The summed E-state index contributed by atoms with van der Waals surface area (Å²) in [5.41, 5.74) is 1.10. The maximum Gasteiger partial charge on any atom is 0.141 e. The largest absolute Gasteiger partial charge is 0.370 e. The van der Waals surface area contributed by atoms with E-state index >= 15 is 0 Å². The van der Waals surface area contributed by atoms with E-state index in [-0.39, 0.29) is 0 Å². The summed E-state index contributed by atoms with van der Waals surface area (Å²) in [6.07, 6.45) is 2.10. The number of quaternary nitrogens is 1. The number of fused-ring (bicyclic) bond motifs is 1. The Morgan fingerprint density at radius 1 is 1.17 bits per heavy atom. The molecule has 3 heteroatoms. The molecule has 124 valence electrons. The Kier molecular flexibility index (Phi) is 5.58. The average molecular weight is 341 g/mol. The third kappa shape index (κ3) is 4.19. The van der Waals surface area contributed by atoms with Crippen LogP contribution in [0.15, 0.2) is 53.6 Å². The molecule has 1 aliphatic heterocycles. The molecule has 3 rings (SSSR count). The van der Waals surface area contributed by atoms with Gasteiger partial charge in [-0.2, -0.15) is 0 Å². The first-order valence-electron chi connectivity index (χ1n) is 8.40. The lowest BCUT2D eigenvalue weighted by molar-refractivity contribution is -0.923. The maximum absolute atomic E-state index is 6.04. The summed E-state index contributed by atoms with van der Waals surface area (Å²) in [5, 5.41) is 3.30. The Bertz CT molecular complexity index is 785. The predicted octanol–water partition coefficient (Wildman–Crippen LogP) is 4.18. The van der Waals surface area contributed by atoms with Gasteiger partial charge in [-0.3, -0.25) is 0 Å². The maximum atomic E-state index is 6.04. The highest BCUT2D eigenvalue weighted by atomic mass is 35.5. The third-order valence-corrected chi connectivity index (χ3v) is 4.76. The van der Waals surface area contributed by atoms with Gasteiger partial charge in [-0.1, -0.05) is 53.9 Å². The topological polar surface area (TPSA) is 9.23 Å². The molecule has 0 amide bonds. The van der Waals surface area contributed by atoms with Gasteiger partial charge in [0.15, 0.2) is 0 Å². The van der Waals surface area contributed by atoms with Crippen LogP contribution in [0, 0.1) is 11.8 Å². The van der Waals surface area contributed by atoms with Gasteiger partial charge in [0.2, 0.25) is 0 Å². The first-order valence-corrected chi connectivity index (χ1v) is 8.78. The Balaban J connectivity index is 1.82. The summed E-state index contributed by atoms with van der Waals surface area (Å²) in [6.45, 7) is 7.25. The Hall–Kier alpha value is -1.79. The molecule has 1 aliphatic rings. The summed E-state index contributed by atoms with van der Waals surface area (Å²) < 4.78 is 6.47. The van der Waals surface area contributed by atoms with Crippen molar-refractivity contribution in [3.8, 4) is 11.8 Å². The van der Waals surface area contributed by atoms with Gasteiger partial charge < -0.3 is 9.22 Å². The van der Waals surface area contributed by atoms with Crippen molar-refractivity contribution >= 4 is 22.4 Å². The first kappa shape index (κ1) is 17.0. The zero-order valence-electron chi connectivity index (χ0n) is 14.1. The Morgan fingerprint density at radius 2 is 1.92 bits per heavy atom. The molecule has 24 heavy (non-hydrogen) atoms. The van der Waals surface area contributed by atoms with E-state index in [0.717, 1.165) is 54.5 Å². The van der Waals surface area contributed by atoms with E-state index in [9.17, 15) is 0 Å². The van der Waals surface area contributed by atoms with E-state index in [1.165, 1.54) is 10.8 Å². The average Bonchev–Trinajstić information content (AvgIpc) is 2.61. The van der Waals surface area contributed by atoms with Crippen LogP contribution < -0.4 is 0 Å². The van der Waals surface area contributed by atoms with Gasteiger partial charge in [-0.25, -0.2) is 0 Å². The second kappa shape index (κ2) is 7.85. The lowest BCUT2D eigenvalue weighted by Gasteiger charge is -2.39. The fourth-order valence-electron chi connectivity index (χ4n) is 3.09. The minimum atomic E-state index is 0.797. The van der Waals surface area contributed by atoms with Crippen molar-refractivity contribution in [2.75, 3.05) is 39.4 Å². The number of morpholine rings is 1. The minimum Gasteiger partial charge on any atom is -0.370 e. The lowest BCUT2D eigenvalue weighted by atomic mass is 10.1. The Morgan fingerprint density at radius 3 is 2.71 bits per heavy atom. The van der Waals surface area contributed by atoms with Crippen LogP contribution in [-0.4, -0.2) is 43.9 Å². The molecule has 0 radical (unpaired) electrons. The van der Waals surface area contributed by atoms with Gasteiger partial charge in [-0.15, -0.1) is 0 Å². The number of halogens is 1. The molecule has 2 aromatic carbocycles. The highest BCUT2D eigenvalue weighted by Gasteiger charge is 2.28. The molecule has 0 spiro atoms. The van der Waals surface area contributed by atoms with Crippen LogP contribution in [0.3, 0.4) is 0 Å². The SMILES string of the molecule is C/C(Cl)=C\C[N+]1(CC#Cc2cccc3ccccc23)CCOCC1. The van der Waals surface area contributed by atoms with Gasteiger partial charge >= 0.3 is 0 Å². The minimum absolute atomic E-state index is 0.797. The first-order chi connectivity index (χ1) is 11.7. The van der Waals surface area contributed by atoms with E-state index in [4.69, 9.17) is 16.3 Å². The molecule has 0 unspecified atom stereocenters. The van der Waals surface area contributed by atoms with Gasteiger partial charge in [-0.05, 0) is 35.8 Å². The highest BCUT2D eigenvalue weighted by molar-refractivity contribution is 6.29. The number of hydrogen-bond donors (Lipinski definition) is 0. The summed E-state index contributed by atoms with van der Waals surface area (Å²) in [4.78, 5) is 0. The molecule has 2 nitrogen and oxygen atoms in total. The van der Waals surface area contributed by atoms with Gasteiger partial charge in [0.05, 0.1) is 19.8 Å². The molecular formula is C21H23ClNO+. The van der Waals surface area contributed by atoms with E-state index in [0.29, 0.717) is 0 Å². The van der Waals surface area contributed by atoms with Gasteiger partial charge in [0.1, 0.15) is 19.6 Å². The molecular weight excluding hydrogens is 318 g/mol. The van der Waals surface area contributed by atoms with Crippen molar-refractivity contribution < 1.29 is 9.22 Å². The molecule has 0 saturated carbocycles. The second-order valence-electron chi connectivity index (χ2n) is 6.36. The number of nitrogens with zero attached hydrogens (tertiary/aromatic N) is 1. The van der Waals surface area contributed by atoms with Crippen molar-refractivity contribution in [2.45, 2.75) is 6.92 Å². The predicted molar refractivity (Wildman–Crippen MR) is 101 cm³/mol. The standard InChI is InChI=1S/C21H23ClNO/c1-18(22)11-13-23(14-16-24-17-15-23)12-5-9-20-8-4-7-19-6-2-3-10-21(19)20/h2-4,6-8,10-11H,12-17H2,1H3/q+1/b18-11+. The number of benzene rings is 2. The van der Waals surface area contributed by atoms with Crippen molar-refractivity contribution in [3.05, 3.63) is 59.1 Å². The normalized spacial score (nSPS) is 17.3. The molecule has 0 bridgehead atoms. The summed E-state index contributed by atoms with van der Waals surface area (Å²) in [5.74, 6) is 6.81. The molecule has 0 atom stereocenters. The van der Waals surface area contributed by atoms with Crippen molar-refractivity contribution in [1.82, 2.24) is 0 Å². The van der Waals surface area contributed by atoms with Crippen molar-refractivity contribution in [1.29, 1.82) is 0 Å². The number of ether oxygens (including phenoxy) is 1. The van der Waals surface area contributed by atoms with E-state index in [1.54, 1.807) is 0 Å². The monoisotopic (exact) mass is 340 g/mol. The van der Waals surface area contributed by atoms with Crippen LogP contribution in [-0.2, 0) is 4.74 Å². The van der Waals surface area contributed by atoms with Crippen LogP contribution in [0.2, 0.25) is 0 Å². The van der Waals surface area contributed by atoms with E-state index < -0.39 is 0 Å². The Labute approximate surface area is 149 Å². The van der Waals surface area contributed by atoms with Crippen molar-refractivity contribution in [3.63, 3.8) is 0 Å². The number of rotatable bonds is 3. The van der Waals surface area contributed by atoms with Crippen LogP contribution in [0.4, 0.5) is 0 Å². The van der Waals surface area contributed by atoms with Crippen LogP contribution in [0.1, 0.15) is 12.5 Å². The van der Waals surface area contributed by atoms with Gasteiger partial charge in [0, 0.05) is 10.6 Å². The van der Waals surface area contributed by atoms with E-state index in [1.807, 2.05) is 6.92 Å². The molecule has 1 fully saturated rings. The molecule has 0 aromatic heterocycles. The summed E-state index contributed by atoms with van der Waals surface area (Å²) in [7, 11) is 0. The molecule has 1 saturated heterocycles. The number of allylic oxidation sites excluding steroid dienone is 1. The van der Waals surface area contributed by atoms with E-state index in [2.05, 4.69) is 60.4 Å². The third-order valence-electron chi connectivity index (χ3n) is 4.61.